The minimum atomic E-state index is -0.667. The molecular weight excluding hydrogens is 394 g/mol. The van der Waals surface area contributed by atoms with Gasteiger partial charge in [-0.15, -0.1) is 0 Å². The molecule has 0 aliphatic heterocycles. The van der Waals surface area contributed by atoms with Gasteiger partial charge in [-0.2, -0.15) is 5.10 Å². The molecule has 0 radical (unpaired) electrons. The minimum absolute atomic E-state index is 0.354. The Hall–Kier alpha value is -3.68. The van der Waals surface area contributed by atoms with Crippen LogP contribution in [0.15, 0.2) is 76.3 Å². The summed E-state index contributed by atoms with van der Waals surface area (Å²) in [6.45, 7) is 0. The smallest absolute Gasteiger partial charge is 0.271 e. The van der Waals surface area contributed by atoms with Crippen molar-refractivity contribution in [1.82, 2.24) is 10.9 Å². The van der Waals surface area contributed by atoms with E-state index in [-0.39, 0.29) is 0 Å². The van der Waals surface area contributed by atoms with E-state index in [1.165, 1.54) is 17.8 Å². The molecule has 3 N–H and O–H groups in total. The van der Waals surface area contributed by atoms with Crippen LogP contribution in [0, 0.1) is 0 Å². The summed E-state index contributed by atoms with van der Waals surface area (Å²) in [4.78, 5) is 23.3. The third kappa shape index (κ3) is 5.65. The Bertz CT molecular complexity index is 1090. The summed E-state index contributed by atoms with van der Waals surface area (Å²) in [6.07, 6.45) is 4.00. The highest BCUT2D eigenvalue weighted by molar-refractivity contribution is 6.30. The van der Waals surface area contributed by atoms with Crippen LogP contribution in [0.3, 0.4) is 0 Å². The van der Waals surface area contributed by atoms with Crippen molar-refractivity contribution in [3.63, 3.8) is 0 Å². The summed E-state index contributed by atoms with van der Waals surface area (Å²) >= 11 is 5.98. The number of hydrazone groups is 1. The summed E-state index contributed by atoms with van der Waals surface area (Å²) in [7, 11) is 0. The third-order valence-electron chi connectivity index (χ3n) is 3.78. The summed E-state index contributed by atoms with van der Waals surface area (Å²) < 4.78 is 5.67. The second-order valence-electron chi connectivity index (χ2n) is 5.85. The first-order valence-electron chi connectivity index (χ1n) is 8.46. The Labute approximate surface area is 171 Å². The Morgan fingerprint density at radius 1 is 1.07 bits per heavy atom. The van der Waals surface area contributed by atoms with Gasteiger partial charge < -0.3 is 4.42 Å². The molecule has 0 spiro atoms. The number of halogens is 1. The van der Waals surface area contributed by atoms with Gasteiger partial charge in [-0.05, 0) is 48.0 Å². The quantitative estimate of drug-likeness (QED) is 0.249. The lowest BCUT2D eigenvalue weighted by atomic mass is 10.1. The van der Waals surface area contributed by atoms with Gasteiger partial charge in [-0.25, -0.2) is 10.9 Å². The fraction of sp³-hybridized carbons (Fsp3) is 0. The first-order valence-corrected chi connectivity index (χ1v) is 8.84. The molecule has 0 unspecified atom stereocenters. The predicted octanol–water partition coefficient (Wildman–Crippen LogP) is 3.88. The van der Waals surface area contributed by atoms with E-state index in [0.717, 1.165) is 11.6 Å². The molecule has 0 atom stereocenters. The van der Waals surface area contributed by atoms with E-state index >= 15 is 0 Å². The van der Waals surface area contributed by atoms with Crippen molar-refractivity contribution in [2.75, 3.05) is 0 Å². The zero-order valence-electron chi connectivity index (χ0n) is 15.0. The minimum Gasteiger partial charge on any atom is -0.455 e. The molecule has 2 aromatic carbocycles. The van der Waals surface area contributed by atoms with Crippen molar-refractivity contribution in [3.05, 3.63) is 88.6 Å². The normalized spacial score (nSPS) is 11.1. The molecule has 0 aliphatic rings. The van der Waals surface area contributed by atoms with Gasteiger partial charge in [0.05, 0.1) is 6.21 Å². The fourth-order valence-electron chi connectivity index (χ4n) is 2.43. The number of amides is 2. The maximum atomic E-state index is 12.2. The highest BCUT2D eigenvalue weighted by atomic mass is 35.5. The van der Waals surface area contributed by atoms with Crippen molar-refractivity contribution >= 4 is 35.7 Å². The lowest BCUT2D eigenvalue weighted by Crippen LogP contribution is -2.17. The molecule has 8 heteroatoms. The van der Waals surface area contributed by atoms with Crippen molar-refractivity contribution in [2.45, 2.75) is 0 Å². The molecule has 3 rings (SSSR count). The first kappa shape index (κ1) is 20.1. The van der Waals surface area contributed by atoms with E-state index in [9.17, 15) is 9.59 Å². The number of hydrogen-bond acceptors (Lipinski definition) is 5. The summed E-state index contributed by atoms with van der Waals surface area (Å²) in [6, 6.07) is 17.3. The van der Waals surface area contributed by atoms with E-state index in [1.807, 2.05) is 12.1 Å². The van der Waals surface area contributed by atoms with Crippen molar-refractivity contribution in [1.29, 1.82) is 0 Å². The maximum absolute atomic E-state index is 12.2. The topological polar surface area (TPSA) is 104 Å². The average molecular weight is 410 g/mol. The fourth-order valence-corrected chi connectivity index (χ4v) is 2.62. The van der Waals surface area contributed by atoms with Crippen LogP contribution in [-0.2, 0) is 4.79 Å². The van der Waals surface area contributed by atoms with Gasteiger partial charge in [0.1, 0.15) is 11.5 Å². The van der Waals surface area contributed by atoms with Gasteiger partial charge in [0.15, 0.2) is 0 Å². The molecule has 1 heterocycles. The number of carbonyl (C=O) groups excluding carboxylic acids is 2. The van der Waals surface area contributed by atoms with Crippen molar-refractivity contribution < 1.29 is 19.2 Å². The monoisotopic (exact) mass is 409 g/mol. The van der Waals surface area contributed by atoms with Gasteiger partial charge in [-0.3, -0.25) is 14.8 Å². The Morgan fingerprint density at radius 2 is 1.90 bits per heavy atom. The van der Waals surface area contributed by atoms with Gasteiger partial charge in [0.25, 0.3) is 11.8 Å². The number of carbonyl (C=O) groups is 2. The van der Waals surface area contributed by atoms with E-state index in [4.69, 9.17) is 21.2 Å². The van der Waals surface area contributed by atoms with Crippen molar-refractivity contribution in [2.24, 2.45) is 5.10 Å². The van der Waals surface area contributed by atoms with E-state index in [0.29, 0.717) is 27.7 Å². The number of hydroxylamine groups is 1. The standard InChI is InChI=1S/C21H16ClN3O4/c22-17-6-2-4-15(12-17)19-9-8-18(29-19)13-23-24-21(27)16-5-1-3-14(11-16)7-10-20(26)25-28/h1-13,28H,(H,24,27)(H,25,26)/b10-7+,23-13+. The van der Waals surface area contributed by atoms with Crippen LogP contribution < -0.4 is 10.9 Å². The molecule has 0 saturated heterocycles. The zero-order chi connectivity index (χ0) is 20.6. The van der Waals surface area contributed by atoms with E-state index in [1.54, 1.807) is 48.5 Å². The van der Waals surface area contributed by atoms with Crippen LogP contribution in [0.25, 0.3) is 17.4 Å². The Balaban J connectivity index is 1.63. The second-order valence-corrected chi connectivity index (χ2v) is 6.28. The number of benzene rings is 2. The van der Waals surface area contributed by atoms with Crippen LogP contribution in [0.5, 0.6) is 0 Å². The van der Waals surface area contributed by atoms with Gasteiger partial charge in [0, 0.05) is 22.2 Å². The average Bonchev–Trinajstić information content (AvgIpc) is 3.21. The molecule has 1 aromatic heterocycles. The van der Waals surface area contributed by atoms with E-state index in [2.05, 4.69) is 10.5 Å². The molecular formula is C21H16ClN3O4. The van der Waals surface area contributed by atoms with E-state index < -0.39 is 11.8 Å². The number of rotatable bonds is 6. The molecule has 7 nitrogen and oxygen atoms in total. The number of nitrogens with one attached hydrogen (secondary N) is 2. The molecule has 0 fully saturated rings. The SMILES string of the molecule is O=C(/C=C/c1cccc(C(=O)N/N=C/c2ccc(-c3cccc(Cl)c3)o2)c1)NO. The molecule has 2 amide bonds. The Morgan fingerprint density at radius 3 is 2.69 bits per heavy atom. The number of hydrogen-bond donors (Lipinski definition) is 3. The molecule has 29 heavy (non-hydrogen) atoms. The summed E-state index contributed by atoms with van der Waals surface area (Å²) in [5, 5.41) is 13.0. The predicted molar refractivity (Wildman–Crippen MR) is 110 cm³/mol. The Kier molecular flexibility index (Phi) is 6.57. The first-order chi connectivity index (χ1) is 14.0. The number of furan rings is 1. The maximum Gasteiger partial charge on any atom is 0.271 e. The zero-order valence-corrected chi connectivity index (χ0v) is 15.8. The van der Waals surface area contributed by atoms with Crippen LogP contribution in [0.4, 0.5) is 0 Å². The lowest BCUT2D eigenvalue weighted by molar-refractivity contribution is -0.124. The van der Waals surface area contributed by atoms with Crippen molar-refractivity contribution in [3.8, 4) is 11.3 Å². The van der Waals surface area contributed by atoms with Crippen LogP contribution in [-0.4, -0.2) is 23.2 Å². The van der Waals surface area contributed by atoms with Gasteiger partial charge >= 0.3 is 0 Å². The third-order valence-corrected chi connectivity index (χ3v) is 4.02. The molecule has 0 saturated carbocycles. The highest BCUT2D eigenvalue weighted by Gasteiger charge is 2.06. The molecule has 3 aromatic rings. The van der Waals surface area contributed by atoms with Gasteiger partial charge in [-0.1, -0.05) is 35.9 Å². The second kappa shape index (κ2) is 9.50. The molecule has 0 aliphatic carbocycles. The number of nitrogens with zero attached hydrogens (tertiary/aromatic N) is 1. The highest BCUT2D eigenvalue weighted by Crippen LogP contribution is 2.24. The van der Waals surface area contributed by atoms with Crippen LogP contribution >= 0.6 is 11.6 Å². The van der Waals surface area contributed by atoms with Gasteiger partial charge in [0.2, 0.25) is 0 Å². The molecule has 0 bridgehead atoms. The largest absolute Gasteiger partial charge is 0.455 e. The van der Waals surface area contributed by atoms with Crippen LogP contribution in [0.1, 0.15) is 21.7 Å². The summed E-state index contributed by atoms with van der Waals surface area (Å²) in [5.41, 5.74) is 5.71. The van der Waals surface area contributed by atoms with Crippen LogP contribution in [0.2, 0.25) is 5.02 Å². The summed E-state index contributed by atoms with van der Waals surface area (Å²) in [5.74, 6) is 0.00318. The molecule has 146 valence electrons. The lowest BCUT2D eigenvalue weighted by Gasteiger charge is -2.01.